The van der Waals surface area contributed by atoms with Crippen LogP contribution in [0.2, 0.25) is 5.02 Å². The molecular weight excluding hydrogens is 291 g/mol. The molecule has 0 aliphatic carbocycles. The molecule has 1 N–H and O–H groups in total. The maximum Gasteiger partial charge on any atom is 0.401 e. The molecule has 0 aromatic carbocycles. The summed E-state index contributed by atoms with van der Waals surface area (Å²) in [7, 11) is 0. The molecule has 1 aromatic rings. The normalized spacial score (nSPS) is 12.2. The number of aromatic nitrogens is 1. The van der Waals surface area contributed by atoms with Crippen LogP contribution in [-0.4, -0.2) is 35.2 Å². The van der Waals surface area contributed by atoms with Gasteiger partial charge < -0.3 is 5.32 Å². The van der Waals surface area contributed by atoms with Gasteiger partial charge in [-0.2, -0.15) is 13.2 Å². The van der Waals surface area contributed by atoms with E-state index in [0.29, 0.717) is 23.1 Å². The quantitative estimate of drug-likeness (QED) is 0.862. The zero-order chi connectivity index (χ0) is 15.3. The second kappa shape index (κ2) is 7.13. The number of anilines is 1. The summed E-state index contributed by atoms with van der Waals surface area (Å²) in [5.41, 5.74) is 0.447. The van der Waals surface area contributed by atoms with Gasteiger partial charge >= 0.3 is 6.18 Å². The first kappa shape index (κ1) is 17.0. The van der Waals surface area contributed by atoms with Gasteiger partial charge in [-0.05, 0) is 32.9 Å². The first-order valence-electron chi connectivity index (χ1n) is 6.43. The van der Waals surface area contributed by atoms with Gasteiger partial charge in [-0.1, -0.05) is 11.6 Å². The number of rotatable bonds is 6. The third-order valence-corrected chi connectivity index (χ3v) is 3.09. The predicted octanol–water partition coefficient (Wildman–Crippen LogP) is 3.94. The molecule has 1 aromatic heterocycles. The van der Waals surface area contributed by atoms with Crippen LogP contribution >= 0.6 is 11.6 Å². The molecule has 3 nitrogen and oxygen atoms in total. The molecule has 0 spiro atoms. The van der Waals surface area contributed by atoms with E-state index in [0.717, 1.165) is 0 Å². The standard InChI is InChI=1S/C13H19ClF3N3/c1-4-18-12-6-5-10(14)11(19-12)7-20(9(2)3)8-13(15,16)17/h5-6,9H,4,7-8H2,1-3H3,(H,18,19). The minimum absolute atomic E-state index is 0.0647. The molecule has 7 heteroatoms. The van der Waals surface area contributed by atoms with Crippen LogP contribution in [0.3, 0.4) is 0 Å². The summed E-state index contributed by atoms with van der Waals surface area (Å²) in [5, 5.41) is 3.39. The summed E-state index contributed by atoms with van der Waals surface area (Å²) in [6.07, 6.45) is -4.24. The Bertz CT molecular complexity index is 435. The van der Waals surface area contributed by atoms with Crippen molar-refractivity contribution in [3.05, 3.63) is 22.8 Å². The van der Waals surface area contributed by atoms with Gasteiger partial charge in [0.1, 0.15) is 5.82 Å². The van der Waals surface area contributed by atoms with Crippen molar-refractivity contribution < 1.29 is 13.2 Å². The van der Waals surface area contributed by atoms with Gasteiger partial charge in [0.05, 0.1) is 17.3 Å². The minimum atomic E-state index is -4.24. The average Bonchev–Trinajstić information content (AvgIpc) is 2.31. The topological polar surface area (TPSA) is 28.2 Å². The van der Waals surface area contributed by atoms with Crippen LogP contribution in [0, 0.1) is 0 Å². The van der Waals surface area contributed by atoms with Crippen LogP contribution in [0.15, 0.2) is 12.1 Å². The molecule has 0 fully saturated rings. The van der Waals surface area contributed by atoms with Crippen molar-refractivity contribution in [2.45, 2.75) is 39.5 Å². The summed E-state index contributed by atoms with van der Waals surface area (Å²) < 4.78 is 37.7. The van der Waals surface area contributed by atoms with Crippen LogP contribution in [0.1, 0.15) is 26.5 Å². The summed E-state index contributed by atoms with van der Waals surface area (Å²) in [6.45, 7) is 5.12. The Kier molecular flexibility index (Phi) is 6.07. The maximum atomic E-state index is 12.6. The van der Waals surface area contributed by atoms with Crippen LogP contribution in [0.25, 0.3) is 0 Å². The number of pyridine rings is 1. The van der Waals surface area contributed by atoms with E-state index in [9.17, 15) is 13.2 Å². The van der Waals surface area contributed by atoms with E-state index in [1.165, 1.54) is 4.90 Å². The first-order valence-corrected chi connectivity index (χ1v) is 6.80. The van der Waals surface area contributed by atoms with Crippen LogP contribution in [0.5, 0.6) is 0 Å². The number of alkyl halides is 3. The molecule has 0 saturated heterocycles. The highest BCUT2D eigenvalue weighted by Gasteiger charge is 2.32. The monoisotopic (exact) mass is 309 g/mol. The van der Waals surface area contributed by atoms with Gasteiger partial charge in [0.2, 0.25) is 0 Å². The lowest BCUT2D eigenvalue weighted by molar-refractivity contribution is -0.151. The molecule has 20 heavy (non-hydrogen) atoms. The van der Waals surface area contributed by atoms with Crippen LogP contribution in [-0.2, 0) is 6.54 Å². The van der Waals surface area contributed by atoms with Gasteiger partial charge in [0.15, 0.2) is 0 Å². The van der Waals surface area contributed by atoms with E-state index in [1.54, 1.807) is 26.0 Å². The minimum Gasteiger partial charge on any atom is -0.370 e. The van der Waals surface area contributed by atoms with Crippen molar-refractivity contribution in [3.8, 4) is 0 Å². The van der Waals surface area contributed by atoms with Crippen molar-refractivity contribution in [1.29, 1.82) is 0 Å². The molecule has 0 bridgehead atoms. The fourth-order valence-corrected chi connectivity index (χ4v) is 1.88. The van der Waals surface area contributed by atoms with Crippen molar-refractivity contribution in [2.24, 2.45) is 0 Å². The van der Waals surface area contributed by atoms with E-state index < -0.39 is 12.7 Å². The van der Waals surface area contributed by atoms with Crippen molar-refractivity contribution in [1.82, 2.24) is 9.88 Å². The van der Waals surface area contributed by atoms with Gasteiger partial charge in [0.25, 0.3) is 0 Å². The zero-order valence-corrected chi connectivity index (χ0v) is 12.5. The van der Waals surface area contributed by atoms with E-state index in [1.807, 2.05) is 6.92 Å². The van der Waals surface area contributed by atoms with E-state index in [2.05, 4.69) is 10.3 Å². The molecule has 0 amide bonds. The number of hydrogen-bond donors (Lipinski definition) is 1. The lowest BCUT2D eigenvalue weighted by Gasteiger charge is -2.27. The molecule has 0 unspecified atom stereocenters. The SMILES string of the molecule is CCNc1ccc(Cl)c(CN(CC(F)(F)F)C(C)C)n1. The van der Waals surface area contributed by atoms with Crippen LogP contribution < -0.4 is 5.32 Å². The van der Waals surface area contributed by atoms with Crippen molar-refractivity contribution >= 4 is 17.4 Å². The van der Waals surface area contributed by atoms with E-state index in [4.69, 9.17) is 11.6 Å². The maximum absolute atomic E-state index is 12.6. The Hall–Kier alpha value is -1.01. The lowest BCUT2D eigenvalue weighted by atomic mass is 10.2. The fraction of sp³-hybridized carbons (Fsp3) is 0.615. The number of nitrogens with zero attached hydrogens (tertiary/aromatic N) is 2. The third kappa shape index (κ3) is 5.54. The highest BCUT2D eigenvalue weighted by atomic mass is 35.5. The summed E-state index contributed by atoms with van der Waals surface area (Å²) in [6, 6.07) is 3.10. The molecule has 0 atom stereocenters. The second-order valence-corrected chi connectivity index (χ2v) is 5.18. The summed E-state index contributed by atoms with van der Waals surface area (Å²) in [5.74, 6) is 0.614. The largest absolute Gasteiger partial charge is 0.401 e. The Morgan fingerprint density at radius 2 is 2.00 bits per heavy atom. The number of nitrogens with one attached hydrogen (secondary N) is 1. The van der Waals surface area contributed by atoms with E-state index in [-0.39, 0.29) is 12.6 Å². The smallest absolute Gasteiger partial charge is 0.370 e. The molecule has 0 saturated carbocycles. The molecule has 0 radical (unpaired) electrons. The third-order valence-electron chi connectivity index (χ3n) is 2.74. The molecular formula is C13H19ClF3N3. The van der Waals surface area contributed by atoms with Gasteiger partial charge in [-0.15, -0.1) is 0 Å². The summed E-state index contributed by atoms with van der Waals surface area (Å²) in [4.78, 5) is 5.56. The first-order chi connectivity index (χ1) is 9.23. The fourth-order valence-electron chi connectivity index (χ4n) is 1.72. The van der Waals surface area contributed by atoms with Gasteiger partial charge in [-0.3, -0.25) is 4.90 Å². The predicted molar refractivity (Wildman–Crippen MR) is 75.0 cm³/mol. The Labute approximate surface area is 122 Å². The second-order valence-electron chi connectivity index (χ2n) is 4.77. The Balaban J connectivity index is 2.90. The molecule has 0 aliphatic rings. The van der Waals surface area contributed by atoms with Crippen LogP contribution in [0.4, 0.5) is 19.0 Å². The van der Waals surface area contributed by atoms with E-state index >= 15 is 0 Å². The Morgan fingerprint density at radius 3 is 2.50 bits per heavy atom. The highest BCUT2D eigenvalue weighted by molar-refractivity contribution is 6.31. The van der Waals surface area contributed by atoms with Crippen molar-refractivity contribution in [2.75, 3.05) is 18.4 Å². The number of hydrogen-bond acceptors (Lipinski definition) is 3. The molecule has 1 rings (SSSR count). The van der Waals surface area contributed by atoms with Gasteiger partial charge in [-0.25, -0.2) is 4.98 Å². The highest BCUT2D eigenvalue weighted by Crippen LogP contribution is 2.23. The molecule has 0 aliphatic heterocycles. The average molecular weight is 310 g/mol. The van der Waals surface area contributed by atoms with Crippen molar-refractivity contribution in [3.63, 3.8) is 0 Å². The zero-order valence-electron chi connectivity index (χ0n) is 11.8. The van der Waals surface area contributed by atoms with Gasteiger partial charge in [0, 0.05) is 19.1 Å². The molecule has 114 valence electrons. The number of halogens is 4. The molecule has 1 heterocycles. The Morgan fingerprint density at radius 1 is 1.35 bits per heavy atom. The summed E-state index contributed by atoms with van der Waals surface area (Å²) >= 11 is 6.02. The lowest BCUT2D eigenvalue weighted by Crippen LogP contribution is -2.38.